The van der Waals surface area contributed by atoms with Gasteiger partial charge in [0.2, 0.25) is 17.8 Å². The van der Waals surface area contributed by atoms with Crippen molar-refractivity contribution in [2.75, 3.05) is 37.8 Å². The molecule has 2 fully saturated rings. The lowest BCUT2D eigenvalue weighted by Gasteiger charge is -2.07. The van der Waals surface area contributed by atoms with Crippen LogP contribution in [0, 0.1) is 0 Å². The van der Waals surface area contributed by atoms with Gasteiger partial charge in [-0.05, 0) is 49.2 Å². The Bertz CT molecular complexity index is 2810. The summed E-state index contributed by atoms with van der Waals surface area (Å²) in [4.78, 5) is 63.0. The molecule has 0 aliphatic carbocycles. The SMILES string of the molecule is CN1CCC(O)C1=O.CN1CCC(c2cnc(-c3cccc(-c4ccnc(Nc5ccn(C)n5)n4)n3)s2)C1=O.Cn1ccc(Nc2nccc(-c3cccc(-c4nccs4)n3)n2)n1. The van der Waals surface area contributed by atoms with Crippen LogP contribution in [0.25, 0.3) is 44.2 Å². The van der Waals surface area contributed by atoms with Gasteiger partial charge in [0.25, 0.3) is 5.91 Å². The molecule has 0 saturated carbocycles. The summed E-state index contributed by atoms with van der Waals surface area (Å²) in [6.07, 6.45) is 11.4. The van der Waals surface area contributed by atoms with Crippen LogP contribution in [-0.4, -0.2) is 119 Å². The number of hydrogen-bond acceptors (Lipinski definition) is 17. The van der Waals surface area contributed by atoms with Gasteiger partial charge in [0.15, 0.2) is 11.6 Å². The van der Waals surface area contributed by atoms with Crippen molar-refractivity contribution in [1.29, 1.82) is 0 Å². The van der Waals surface area contributed by atoms with E-state index in [4.69, 9.17) is 10.1 Å². The molecule has 19 nitrogen and oxygen atoms in total. The lowest BCUT2D eigenvalue weighted by atomic mass is 10.1. The molecule has 8 aromatic rings. The van der Waals surface area contributed by atoms with Crippen LogP contribution in [0.3, 0.4) is 0 Å². The zero-order chi connectivity index (χ0) is 43.9. The molecular weight excluding hydrogens is 841 g/mol. The lowest BCUT2D eigenvalue weighted by molar-refractivity contribution is -0.133. The molecule has 0 bridgehead atoms. The maximum atomic E-state index is 12.3. The van der Waals surface area contributed by atoms with E-state index in [0.717, 1.165) is 56.3 Å². The first-order chi connectivity index (χ1) is 30.6. The second kappa shape index (κ2) is 19.1. The van der Waals surface area contributed by atoms with Gasteiger partial charge in [-0.2, -0.15) is 10.2 Å². The Kier molecular flexibility index (Phi) is 12.9. The Hall–Kier alpha value is -7.36. The lowest BCUT2D eigenvalue weighted by Crippen LogP contribution is -2.24. The summed E-state index contributed by atoms with van der Waals surface area (Å²) in [7, 11) is 7.24. The smallest absolute Gasteiger partial charge is 0.251 e. The summed E-state index contributed by atoms with van der Waals surface area (Å²) in [5, 5.41) is 27.1. The predicted molar refractivity (Wildman–Crippen MR) is 239 cm³/mol. The molecule has 21 heteroatoms. The maximum absolute atomic E-state index is 12.3. The van der Waals surface area contributed by atoms with E-state index >= 15 is 0 Å². The minimum atomic E-state index is -0.722. The molecule has 10 heterocycles. The van der Waals surface area contributed by atoms with E-state index in [1.807, 2.05) is 99.6 Å². The van der Waals surface area contributed by atoms with Crippen molar-refractivity contribution in [3.8, 4) is 44.2 Å². The Morgan fingerprint density at radius 3 is 1.60 bits per heavy atom. The summed E-state index contributed by atoms with van der Waals surface area (Å²) in [6.45, 7) is 1.48. The standard InChI is InChI=1S/C21H20N8OS.C16H13N7S.C5H9NO2/c1-28-10-7-13(20(28)30)17-12-23-19(31-17)16-5-3-4-14(24-16)15-6-9-22-21(25-15)26-18-8-11-29(2)27-18;1-23-9-6-14(22-23)21-16-18-7-5-12(20-16)11-3-2-4-13(19-11)15-17-8-10-24-15;1-6-3-2-4(7)5(6)8/h3-6,8-9,11-13H,7,10H2,1-2H3,(H,22,25,26,27);2-10H,1H3,(H,18,20,21,22);4,7H,2-3H2,1H3. The molecule has 2 amide bonds. The number of likely N-dealkylation sites (N-methyl/N-ethyl adjacent to an activating group) is 2. The van der Waals surface area contributed by atoms with E-state index in [-0.39, 0.29) is 17.7 Å². The number of aliphatic hydroxyl groups excluding tert-OH is 1. The second-order valence-corrected chi connectivity index (χ2v) is 16.4. The van der Waals surface area contributed by atoms with Gasteiger partial charge in [0.05, 0.1) is 40.1 Å². The number of aromatic nitrogens is 12. The minimum absolute atomic E-state index is 0.0958. The maximum Gasteiger partial charge on any atom is 0.251 e. The van der Waals surface area contributed by atoms with Crippen LogP contribution in [0.15, 0.2) is 103 Å². The number of anilines is 4. The van der Waals surface area contributed by atoms with Crippen molar-refractivity contribution < 1.29 is 14.7 Å². The van der Waals surface area contributed by atoms with Crippen molar-refractivity contribution in [1.82, 2.24) is 69.2 Å². The second-order valence-electron chi connectivity index (χ2n) is 14.4. The van der Waals surface area contributed by atoms with Crippen molar-refractivity contribution in [3.05, 3.63) is 108 Å². The fourth-order valence-electron chi connectivity index (χ4n) is 6.52. The topological polar surface area (TPSA) is 224 Å². The van der Waals surface area contributed by atoms with Crippen molar-refractivity contribution in [3.63, 3.8) is 0 Å². The van der Waals surface area contributed by atoms with Crippen molar-refractivity contribution >= 4 is 58.0 Å². The fraction of sp³-hybridized carbons (Fsp3) is 0.238. The molecule has 2 aliphatic heterocycles. The van der Waals surface area contributed by atoms with Crippen LogP contribution in [0.5, 0.6) is 0 Å². The van der Waals surface area contributed by atoms with Crippen molar-refractivity contribution in [2.24, 2.45) is 14.1 Å². The average molecular weight is 883 g/mol. The third-order valence-electron chi connectivity index (χ3n) is 9.81. The summed E-state index contributed by atoms with van der Waals surface area (Å²) in [5.41, 5.74) is 4.51. The number of rotatable bonds is 9. The molecule has 2 saturated heterocycles. The van der Waals surface area contributed by atoms with Crippen LogP contribution in [0.2, 0.25) is 0 Å². The predicted octanol–water partition coefficient (Wildman–Crippen LogP) is 5.43. The van der Waals surface area contributed by atoms with Gasteiger partial charge in [0, 0.05) is 101 Å². The van der Waals surface area contributed by atoms with E-state index in [1.165, 1.54) is 16.2 Å². The Labute approximate surface area is 369 Å². The van der Waals surface area contributed by atoms with Gasteiger partial charge in [-0.15, -0.1) is 22.7 Å². The average Bonchev–Trinajstić information content (AvgIpc) is 4.19. The highest BCUT2D eigenvalue weighted by Gasteiger charge is 2.32. The zero-order valence-corrected chi connectivity index (χ0v) is 36.3. The fourth-order valence-corrected chi connectivity index (χ4v) is 8.14. The van der Waals surface area contributed by atoms with Crippen LogP contribution < -0.4 is 10.6 Å². The number of thiazole rings is 2. The van der Waals surface area contributed by atoms with Crippen LogP contribution in [-0.2, 0) is 23.7 Å². The molecule has 2 aliphatic rings. The third kappa shape index (κ3) is 10.4. The molecule has 10 rings (SSSR count). The molecule has 2 atom stereocenters. The normalized spacial score (nSPS) is 15.8. The van der Waals surface area contributed by atoms with Crippen molar-refractivity contribution in [2.45, 2.75) is 24.9 Å². The van der Waals surface area contributed by atoms with Crippen LogP contribution >= 0.6 is 22.7 Å². The van der Waals surface area contributed by atoms with Gasteiger partial charge in [-0.1, -0.05) is 12.1 Å². The Morgan fingerprint density at radius 2 is 1.14 bits per heavy atom. The minimum Gasteiger partial charge on any atom is -0.383 e. The number of pyridine rings is 2. The Balaban J connectivity index is 0.000000150. The number of carbonyl (C=O) groups excluding carboxylic acids is 2. The zero-order valence-electron chi connectivity index (χ0n) is 34.6. The van der Waals surface area contributed by atoms with Gasteiger partial charge >= 0.3 is 0 Å². The molecule has 8 aromatic heterocycles. The third-order valence-corrected chi connectivity index (χ3v) is 11.7. The molecule has 0 radical (unpaired) electrons. The summed E-state index contributed by atoms with van der Waals surface area (Å²) < 4.78 is 3.42. The largest absolute Gasteiger partial charge is 0.383 e. The number of aryl methyl sites for hydroxylation is 2. The molecular formula is C42H42N16O3S2. The quantitative estimate of drug-likeness (QED) is 0.164. The van der Waals surface area contributed by atoms with E-state index in [9.17, 15) is 9.59 Å². The number of likely N-dealkylation sites (tertiary alicyclic amines) is 2. The van der Waals surface area contributed by atoms with Crippen LogP contribution in [0.4, 0.5) is 23.5 Å². The molecule has 0 aromatic carbocycles. The number of nitrogens with one attached hydrogen (secondary N) is 2. The van der Waals surface area contributed by atoms with Crippen LogP contribution in [0.1, 0.15) is 23.6 Å². The monoisotopic (exact) mass is 882 g/mol. The van der Waals surface area contributed by atoms with Gasteiger partial charge in [-0.25, -0.2) is 39.9 Å². The number of nitrogens with zero attached hydrogens (tertiary/aromatic N) is 14. The number of carbonyl (C=O) groups is 2. The number of aliphatic hydroxyl groups is 1. The summed E-state index contributed by atoms with van der Waals surface area (Å²) in [6, 6.07) is 18.9. The highest BCUT2D eigenvalue weighted by molar-refractivity contribution is 7.15. The first-order valence-electron chi connectivity index (χ1n) is 19.7. The highest BCUT2D eigenvalue weighted by Crippen LogP contribution is 2.35. The van der Waals surface area contributed by atoms with E-state index < -0.39 is 6.10 Å². The van der Waals surface area contributed by atoms with E-state index in [1.54, 1.807) is 57.4 Å². The van der Waals surface area contributed by atoms with Gasteiger partial charge in [-0.3, -0.25) is 19.0 Å². The molecule has 63 heavy (non-hydrogen) atoms. The molecule has 0 spiro atoms. The number of amides is 2. The first-order valence-corrected chi connectivity index (χ1v) is 21.4. The van der Waals surface area contributed by atoms with E-state index in [0.29, 0.717) is 42.2 Å². The number of hydrogen-bond donors (Lipinski definition) is 3. The highest BCUT2D eigenvalue weighted by atomic mass is 32.1. The molecule has 320 valence electrons. The molecule has 2 unspecified atom stereocenters. The molecule has 3 N–H and O–H groups in total. The summed E-state index contributed by atoms with van der Waals surface area (Å²) >= 11 is 3.08. The van der Waals surface area contributed by atoms with Gasteiger partial charge in [0.1, 0.15) is 16.1 Å². The van der Waals surface area contributed by atoms with Gasteiger partial charge < -0.3 is 25.5 Å². The summed E-state index contributed by atoms with van der Waals surface area (Å²) in [5.74, 6) is 2.21. The Morgan fingerprint density at radius 1 is 0.603 bits per heavy atom. The van der Waals surface area contributed by atoms with E-state index in [2.05, 4.69) is 55.7 Å². The first kappa shape index (κ1) is 42.3.